The molecule has 9 nitrogen and oxygen atoms in total. The van der Waals surface area contributed by atoms with Gasteiger partial charge in [-0.3, -0.25) is 19.4 Å². The first-order valence-electron chi connectivity index (χ1n) is 12.5. The van der Waals surface area contributed by atoms with E-state index in [0.717, 1.165) is 11.6 Å². The van der Waals surface area contributed by atoms with E-state index in [2.05, 4.69) is 11.2 Å². The number of amides is 3. The molecule has 0 radical (unpaired) electrons. The van der Waals surface area contributed by atoms with Crippen LogP contribution in [0, 0.1) is 35.8 Å². The number of aliphatic carboxylic acids is 1. The van der Waals surface area contributed by atoms with Crippen LogP contribution in [0.5, 0.6) is 0 Å². The van der Waals surface area contributed by atoms with E-state index in [-0.39, 0.29) is 56.9 Å². The van der Waals surface area contributed by atoms with Crippen molar-refractivity contribution in [2.24, 2.45) is 11.8 Å². The second kappa shape index (κ2) is 12.0. The topological polar surface area (TPSA) is 110 Å². The molecule has 0 aliphatic carbocycles. The number of halogens is 2. The number of carboxylic acids is 1. The largest absolute Gasteiger partial charge is 0.481 e. The molecule has 4 rings (SSSR count). The summed E-state index contributed by atoms with van der Waals surface area (Å²) < 4.78 is 28.0. The van der Waals surface area contributed by atoms with Gasteiger partial charge in [0, 0.05) is 37.7 Å². The van der Waals surface area contributed by atoms with Gasteiger partial charge in [-0.1, -0.05) is 42.3 Å². The summed E-state index contributed by atoms with van der Waals surface area (Å²) in [6, 6.07) is 10.7. The highest BCUT2D eigenvalue weighted by molar-refractivity contribution is 5.93. The molecule has 2 fully saturated rings. The Morgan fingerprint density at radius 2 is 1.87 bits per heavy atom. The molecule has 2 aliphatic heterocycles. The van der Waals surface area contributed by atoms with Gasteiger partial charge in [-0.25, -0.2) is 13.6 Å². The van der Waals surface area contributed by atoms with E-state index >= 15 is 0 Å². The van der Waals surface area contributed by atoms with Gasteiger partial charge >= 0.3 is 12.0 Å². The zero-order valence-electron chi connectivity index (χ0n) is 21.1. The van der Waals surface area contributed by atoms with Crippen LogP contribution >= 0.6 is 0 Å². The third kappa shape index (κ3) is 6.23. The minimum atomic E-state index is -1.14. The third-order valence-electron chi connectivity index (χ3n) is 7.03. The van der Waals surface area contributed by atoms with Crippen LogP contribution in [0.2, 0.25) is 0 Å². The molecule has 39 heavy (non-hydrogen) atoms. The number of piperidine rings is 1. The van der Waals surface area contributed by atoms with Crippen molar-refractivity contribution < 1.29 is 33.1 Å². The zero-order valence-corrected chi connectivity index (χ0v) is 21.1. The molecule has 2 N–H and O–H groups in total. The number of hydrogen-bond acceptors (Lipinski definition) is 5. The van der Waals surface area contributed by atoms with Crippen molar-refractivity contribution in [2.45, 2.75) is 32.0 Å². The second-order valence-corrected chi connectivity index (χ2v) is 9.57. The van der Waals surface area contributed by atoms with E-state index < -0.39 is 47.4 Å². The Bertz CT molecular complexity index is 1300. The summed E-state index contributed by atoms with van der Waals surface area (Å²) in [5.74, 6) is -3.20. The van der Waals surface area contributed by atoms with E-state index in [1.54, 1.807) is 0 Å². The number of rotatable bonds is 8. The van der Waals surface area contributed by atoms with Gasteiger partial charge in [-0.15, -0.1) is 6.42 Å². The molecule has 2 saturated heterocycles. The van der Waals surface area contributed by atoms with Crippen molar-refractivity contribution in [3.05, 3.63) is 71.3 Å². The van der Waals surface area contributed by atoms with Crippen molar-refractivity contribution >= 4 is 23.7 Å². The predicted octanol–water partition coefficient (Wildman–Crippen LogP) is 2.42. The maximum absolute atomic E-state index is 14.5. The van der Waals surface area contributed by atoms with E-state index in [9.17, 15) is 33.1 Å². The average molecular weight is 539 g/mol. The maximum Gasteiger partial charge on any atom is 0.332 e. The van der Waals surface area contributed by atoms with Crippen molar-refractivity contribution in [3.8, 4) is 12.3 Å². The fourth-order valence-electron chi connectivity index (χ4n) is 5.28. The lowest BCUT2D eigenvalue weighted by atomic mass is 9.74. The predicted molar refractivity (Wildman–Crippen MR) is 135 cm³/mol. The number of carbonyl (C=O) groups excluding carboxylic acids is 3. The molecule has 204 valence electrons. The van der Waals surface area contributed by atoms with Crippen LogP contribution in [0.4, 0.5) is 13.6 Å². The number of fused-ring (bicyclic) bond motifs is 1. The number of ketones is 1. The standard InChI is InChI=1S/C28H28F2N4O5/c1-2-12-33-17-24(35)26-21(10-11-25(36)37)27(38)32(15-19-8-9-20(29)13-22(19)30)16-23(26)34(33)28(39)31-14-18-6-4-3-5-7-18/h1,3-9,13,21,23,26H,10-12,14-17H2,(H,31,39)(H,36,37)/t21-,23+,26?/m1/s1. The van der Waals surface area contributed by atoms with Crippen molar-refractivity contribution in [2.75, 3.05) is 19.6 Å². The molecular weight excluding hydrogens is 510 g/mol. The molecule has 0 spiro atoms. The molecule has 0 saturated carbocycles. The number of Topliss-reactive ketones (excluding diaryl/α,β-unsaturated/α-hetero) is 1. The number of likely N-dealkylation sites (tertiary alicyclic amines) is 1. The number of terminal acetylenes is 1. The summed E-state index contributed by atoms with van der Waals surface area (Å²) in [6.45, 7) is -0.477. The van der Waals surface area contributed by atoms with Crippen LogP contribution in [-0.4, -0.2) is 69.4 Å². The lowest BCUT2D eigenvalue weighted by Crippen LogP contribution is -2.71. The molecule has 3 atom stereocenters. The number of nitrogens with zero attached hydrogens (tertiary/aromatic N) is 3. The molecule has 1 unspecified atom stereocenters. The number of benzene rings is 2. The molecule has 2 aliphatic rings. The fraction of sp³-hybridized carbons (Fsp3) is 0.357. The van der Waals surface area contributed by atoms with Crippen molar-refractivity contribution in [1.29, 1.82) is 0 Å². The van der Waals surface area contributed by atoms with Gasteiger partial charge in [0.2, 0.25) is 5.91 Å². The molecule has 2 aromatic rings. The number of hydrazine groups is 1. The Morgan fingerprint density at radius 3 is 2.54 bits per heavy atom. The van der Waals surface area contributed by atoms with Crippen LogP contribution in [0.15, 0.2) is 48.5 Å². The first kappa shape index (κ1) is 27.7. The molecule has 0 bridgehead atoms. The summed E-state index contributed by atoms with van der Waals surface area (Å²) in [5, 5.41) is 14.9. The summed E-state index contributed by atoms with van der Waals surface area (Å²) in [7, 11) is 0. The molecule has 2 heterocycles. The lowest BCUT2D eigenvalue weighted by molar-refractivity contribution is -0.168. The molecule has 0 aromatic heterocycles. The summed E-state index contributed by atoms with van der Waals surface area (Å²) in [4.78, 5) is 53.0. The van der Waals surface area contributed by atoms with Crippen molar-refractivity contribution in [3.63, 3.8) is 0 Å². The lowest BCUT2D eigenvalue weighted by Gasteiger charge is -2.52. The van der Waals surface area contributed by atoms with Crippen LogP contribution in [0.1, 0.15) is 24.0 Å². The molecule has 11 heteroatoms. The fourth-order valence-corrected chi connectivity index (χ4v) is 5.28. The monoisotopic (exact) mass is 538 g/mol. The van der Waals surface area contributed by atoms with Gasteiger partial charge in [0.1, 0.15) is 11.6 Å². The van der Waals surface area contributed by atoms with E-state index in [1.165, 1.54) is 21.0 Å². The Labute approximate surface area is 224 Å². The highest BCUT2D eigenvalue weighted by Gasteiger charge is 2.53. The van der Waals surface area contributed by atoms with Gasteiger partial charge in [0.25, 0.3) is 0 Å². The summed E-state index contributed by atoms with van der Waals surface area (Å²) in [6.07, 6.45) is 5.01. The summed E-state index contributed by atoms with van der Waals surface area (Å²) in [5.41, 5.74) is 0.883. The Morgan fingerprint density at radius 1 is 1.13 bits per heavy atom. The maximum atomic E-state index is 14.5. The van der Waals surface area contributed by atoms with Gasteiger partial charge in [0.15, 0.2) is 5.78 Å². The van der Waals surface area contributed by atoms with E-state index in [4.69, 9.17) is 6.42 Å². The number of nitrogens with one attached hydrogen (secondary N) is 1. The zero-order chi connectivity index (χ0) is 28.1. The van der Waals surface area contributed by atoms with Crippen LogP contribution < -0.4 is 5.32 Å². The van der Waals surface area contributed by atoms with Crippen LogP contribution in [-0.2, 0) is 27.5 Å². The number of hydrogen-bond donors (Lipinski definition) is 2. The molecular formula is C28H28F2N4O5. The van der Waals surface area contributed by atoms with Crippen molar-refractivity contribution in [1.82, 2.24) is 20.2 Å². The van der Waals surface area contributed by atoms with Gasteiger partial charge in [0.05, 0.1) is 31.0 Å². The highest BCUT2D eigenvalue weighted by atomic mass is 19.1. The van der Waals surface area contributed by atoms with Crippen LogP contribution in [0.3, 0.4) is 0 Å². The quantitative estimate of drug-likeness (QED) is 0.500. The highest BCUT2D eigenvalue weighted by Crippen LogP contribution is 2.37. The number of urea groups is 1. The first-order valence-corrected chi connectivity index (χ1v) is 12.5. The average Bonchev–Trinajstić information content (AvgIpc) is 2.89. The minimum Gasteiger partial charge on any atom is -0.481 e. The number of carboxylic acid groups (broad SMARTS) is 1. The van der Waals surface area contributed by atoms with Crippen LogP contribution in [0.25, 0.3) is 0 Å². The normalized spacial score (nSPS) is 21.3. The Kier molecular flexibility index (Phi) is 8.56. The van der Waals surface area contributed by atoms with Gasteiger partial charge in [-0.2, -0.15) is 5.01 Å². The molecule has 3 amide bonds. The Hall–Kier alpha value is -4.30. The number of carbonyl (C=O) groups is 4. The van der Waals surface area contributed by atoms with E-state index in [1.807, 2.05) is 30.3 Å². The smallest absolute Gasteiger partial charge is 0.332 e. The van der Waals surface area contributed by atoms with Gasteiger partial charge in [-0.05, 0) is 18.1 Å². The summed E-state index contributed by atoms with van der Waals surface area (Å²) >= 11 is 0. The van der Waals surface area contributed by atoms with E-state index in [0.29, 0.717) is 6.07 Å². The molecule has 2 aromatic carbocycles. The van der Waals surface area contributed by atoms with Gasteiger partial charge < -0.3 is 15.3 Å². The SMILES string of the molecule is C#CCN1CC(=O)C2[C@@H](CCC(=O)O)C(=O)N(Cc3ccc(F)cc3F)C[C@@H]2N1C(=O)NCc1ccccc1. The first-order chi connectivity index (χ1) is 18.7. The second-order valence-electron chi connectivity index (χ2n) is 9.57. The Balaban J connectivity index is 1.67. The third-order valence-corrected chi connectivity index (χ3v) is 7.03. The minimum absolute atomic E-state index is 0.0443.